The molecule has 0 fully saturated rings. The van der Waals surface area contributed by atoms with Gasteiger partial charge < -0.3 is 10.1 Å². The first-order valence-corrected chi connectivity index (χ1v) is 8.00. The van der Waals surface area contributed by atoms with Gasteiger partial charge in [0.15, 0.2) is 0 Å². The number of benzene rings is 2. The minimum absolute atomic E-state index is 0.0505. The number of hydrogen-bond donors (Lipinski definition) is 2. The Balaban J connectivity index is 1.70. The van der Waals surface area contributed by atoms with Crippen molar-refractivity contribution < 1.29 is 14.3 Å². The predicted molar refractivity (Wildman–Crippen MR) is 101 cm³/mol. The molecule has 6 heteroatoms. The summed E-state index contributed by atoms with van der Waals surface area (Å²) in [6.45, 7) is 0.210. The Morgan fingerprint density at radius 2 is 1.73 bits per heavy atom. The second kappa shape index (κ2) is 10.3. The van der Waals surface area contributed by atoms with E-state index in [0.717, 1.165) is 5.56 Å². The van der Waals surface area contributed by atoms with Crippen LogP contribution in [0.2, 0.25) is 0 Å². The molecule has 6 nitrogen and oxygen atoms in total. The van der Waals surface area contributed by atoms with E-state index in [1.54, 1.807) is 36.4 Å². The lowest BCUT2D eigenvalue weighted by Crippen LogP contribution is -2.20. The summed E-state index contributed by atoms with van der Waals surface area (Å²) in [5.41, 5.74) is 3.88. The zero-order chi connectivity index (χ0) is 18.6. The quantitative estimate of drug-likeness (QED) is 0.437. The summed E-state index contributed by atoms with van der Waals surface area (Å²) >= 11 is 0. The molecule has 132 valence electrons. The molecular weight excluding hydrogens is 330 g/mol. The van der Waals surface area contributed by atoms with Gasteiger partial charge in [0.25, 0.3) is 0 Å². The topological polar surface area (TPSA) is 79.8 Å². The van der Waals surface area contributed by atoms with Crippen molar-refractivity contribution in [1.82, 2.24) is 5.43 Å². The number of para-hydroxylation sites is 1. The van der Waals surface area contributed by atoms with Crippen molar-refractivity contribution in [2.45, 2.75) is 12.8 Å². The highest BCUT2D eigenvalue weighted by Crippen LogP contribution is 2.10. The molecule has 0 unspecified atom stereocenters. The molecule has 2 aromatic rings. The average molecular weight is 349 g/mol. The summed E-state index contributed by atoms with van der Waals surface area (Å²) < 4.78 is 5.26. The van der Waals surface area contributed by atoms with Crippen LogP contribution in [-0.2, 0) is 9.59 Å². The number of hydrogen-bond acceptors (Lipinski definition) is 4. The molecule has 2 N–H and O–H groups in total. The van der Waals surface area contributed by atoms with Crippen LogP contribution in [0.1, 0.15) is 18.4 Å². The first-order chi connectivity index (χ1) is 12.7. The van der Waals surface area contributed by atoms with E-state index in [2.05, 4.69) is 21.8 Å². The zero-order valence-electron chi connectivity index (χ0n) is 14.1. The van der Waals surface area contributed by atoms with Gasteiger partial charge in [0.1, 0.15) is 12.4 Å². The number of carbonyl (C=O) groups excluding carboxylic acids is 2. The highest BCUT2D eigenvalue weighted by molar-refractivity contribution is 5.93. The van der Waals surface area contributed by atoms with Crippen LogP contribution in [0.25, 0.3) is 0 Å². The Morgan fingerprint density at radius 3 is 2.42 bits per heavy atom. The lowest BCUT2D eigenvalue weighted by molar-refractivity contribution is -0.124. The maximum Gasteiger partial charge on any atom is 0.240 e. The predicted octanol–water partition coefficient (Wildman–Crippen LogP) is 2.57. The second-order valence-corrected chi connectivity index (χ2v) is 5.27. The van der Waals surface area contributed by atoms with Crippen LogP contribution < -0.4 is 15.5 Å². The van der Waals surface area contributed by atoms with E-state index in [1.807, 2.05) is 18.2 Å². The van der Waals surface area contributed by atoms with Crippen molar-refractivity contribution in [3.05, 3.63) is 60.2 Å². The summed E-state index contributed by atoms with van der Waals surface area (Å²) in [5.74, 6) is 2.49. The molecule has 0 atom stereocenters. The van der Waals surface area contributed by atoms with Gasteiger partial charge >= 0.3 is 0 Å². The van der Waals surface area contributed by atoms with E-state index >= 15 is 0 Å². The monoisotopic (exact) mass is 349 g/mol. The van der Waals surface area contributed by atoms with Gasteiger partial charge in [-0.1, -0.05) is 24.1 Å². The minimum Gasteiger partial charge on any atom is -0.481 e. The Hall–Kier alpha value is -3.59. The SMILES string of the molecule is C#CCOc1ccc(C=NNC(=O)CCC(=O)Nc2ccccc2)cc1. The lowest BCUT2D eigenvalue weighted by Gasteiger charge is -2.04. The van der Waals surface area contributed by atoms with E-state index in [4.69, 9.17) is 11.2 Å². The van der Waals surface area contributed by atoms with Gasteiger partial charge in [-0.05, 0) is 42.0 Å². The van der Waals surface area contributed by atoms with E-state index in [9.17, 15) is 9.59 Å². The van der Waals surface area contributed by atoms with Crippen LogP contribution in [-0.4, -0.2) is 24.6 Å². The number of amides is 2. The molecule has 0 radical (unpaired) electrons. The van der Waals surface area contributed by atoms with Gasteiger partial charge in [0.2, 0.25) is 11.8 Å². The number of rotatable bonds is 8. The molecule has 26 heavy (non-hydrogen) atoms. The zero-order valence-corrected chi connectivity index (χ0v) is 14.1. The standard InChI is InChI=1S/C20H19N3O3/c1-2-14-26-18-10-8-16(9-11-18)15-21-23-20(25)13-12-19(24)22-17-6-4-3-5-7-17/h1,3-11,15H,12-14H2,(H,22,24)(H,23,25). The Bertz CT molecular complexity index is 793. The Kier molecular flexibility index (Phi) is 7.43. The second-order valence-electron chi connectivity index (χ2n) is 5.27. The molecule has 0 aromatic heterocycles. The molecule has 0 heterocycles. The average Bonchev–Trinajstić information content (AvgIpc) is 2.66. The fourth-order valence-electron chi connectivity index (χ4n) is 1.98. The van der Waals surface area contributed by atoms with Crippen molar-refractivity contribution in [2.24, 2.45) is 5.10 Å². The van der Waals surface area contributed by atoms with Gasteiger partial charge in [-0.15, -0.1) is 6.42 Å². The Labute approximate surface area is 152 Å². The summed E-state index contributed by atoms with van der Waals surface area (Å²) in [7, 11) is 0. The number of hydrazone groups is 1. The molecule has 0 saturated heterocycles. The lowest BCUT2D eigenvalue weighted by atomic mass is 10.2. The van der Waals surface area contributed by atoms with E-state index in [0.29, 0.717) is 11.4 Å². The van der Waals surface area contributed by atoms with Crippen molar-refractivity contribution in [2.75, 3.05) is 11.9 Å². The highest BCUT2D eigenvalue weighted by atomic mass is 16.5. The number of terminal acetylenes is 1. The first kappa shape index (κ1) is 18.7. The van der Waals surface area contributed by atoms with E-state index in [1.165, 1.54) is 6.21 Å². The maximum absolute atomic E-state index is 11.8. The molecule has 0 spiro atoms. The van der Waals surface area contributed by atoms with E-state index < -0.39 is 0 Å². The molecule has 0 aliphatic heterocycles. The maximum atomic E-state index is 11.8. The number of nitrogens with zero attached hydrogens (tertiary/aromatic N) is 1. The van der Waals surface area contributed by atoms with E-state index in [-0.39, 0.29) is 31.3 Å². The molecule has 2 amide bonds. The number of ether oxygens (including phenoxy) is 1. The van der Waals surface area contributed by atoms with Crippen molar-refractivity contribution in [3.8, 4) is 18.1 Å². The van der Waals surface area contributed by atoms with Crippen molar-refractivity contribution in [1.29, 1.82) is 0 Å². The first-order valence-electron chi connectivity index (χ1n) is 8.00. The van der Waals surface area contributed by atoms with Gasteiger partial charge in [-0.2, -0.15) is 5.10 Å². The minimum atomic E-state index is -0.335. The summed E-state index contributed by atoms with van der Waals surface area (Å²) in [5, 5.41) is 6.58. The van der Waals surface area contributed by atoms with Gasteiger partial charge in [0, 0.05) is 18.5 Å². The molecule has 0 aliphatic carbocycles. The van der Waals surface area contributed by atoms with Crippen LogP contribution in [0.15, 0.2) is 59.7 Å². The third kappa shape index (κ3) is 6.89. The Morgan fingerprint density at radius 1 is 1.04 bits per heavy atom. The van der Waals surface area contributed by atoms with Crippen LogP contribution >= 0.6 is 0 Å². The third-order valence-electron chi connectivity index (χ3n) is 3.24. The smallest absolute Gasteiger partial charge is 0.240 e. The fraction of sp³-hybridized carbons (Fsp3) is 0.150. The summed E-state index contributed by atoms with van der Waals surface area (Å²) in [6.07, 6.45) is 6.76. The number of carbonyl (C=O) groups is 2. The van der Waals surface area contributed by atoms with Crippen molar-refractivity contribution in [3.63, 3.8) is 0 Å². The molecule has 0 saturated carbocycles. The normalized spacial score (nSPS) is 10.1. The van der Waals surface area contributed by atoms with Crippen LogP contribution in [0, 0.1) is 12.3 Å². The van der Waals surface area contributed by atoms with Gasteiger partial charge in [-0.3, -0.25) is 9.59 Å². The number of nitrogens with one attached hydrogen (secondary N) is 2. The van der Waals surface area contributed by atoms with Crippen LogP contribution in [0.4, 0.5) is 5.69 Å². The highest BCUT2D eigenvalue weighted by Gasteiger charge is 2.06. The molecular formula is C20H19N3O3. The van der Waals surface area contributed by atoms with Crippen LogP contribution in [0.5, 0.6) is 5.75 Å². The molecule has 0 bridgehead atoms. The number of anilines is 1. The summed E-state index contributed by atoms with van der Waals surface area (Å²) in [4.78, 5) is 23.5. The summed E-state index contributed by atoms with van der Waals surface area (Å²) in [6, 6.07) is 16.2. The third-order valence-corrected chi connectivity index (χ3v) is 3.24. The molecule has 0 aliphatic rings. The molecule has 2 rings (SSSR count). The molecule has 2 aromatic carbocycles. The van der Waals surface area contributed by atoms with Crippen LogP contribution in [0.3, 0.4) is 0 Å². The van der Waals surface area contributed by atoms with Gasteiger partial charge in [0.05, 0.1) is 6.21 Å². The fourth-order valence-corrected chi connectivity index (χ4v) is 1.98. The van der Waals surface area contributed by atoms with Crippen molar-refractivity contribution >= 4 is 23.7 Å². The largest absolute Gasteiger partial charge is 0.481 e. The van der Waals surface area contributed by atoms with Gasteiger partial charge in [-0.25, -0.2) is 5.43 Å².